The van der Waals surface area contributed by atoms with Crippen molar-refractivity contribution >= 4 is 46.1 Å². The zero-order chi connectivity index (χ0) is 33.1. The number of halogens is 1. The number of hydrogen-bond acceptors (Lipinski definition) is 7. The fraction of sp³-hybridized carbons (Fsp3) is 0.457. The molecule has 0 atom stereocenters. The van der Waals surface area contributed by atoms with E-state index in [9.17, 15) is 9.59 Å². The van der Waals surface area contributed by atoms with Crippen molar-refractivity contribution in [3.05, 3.63) is 76.8 Å². The number of hydrogen-bond donors (Lipinski definition) is 2. The number of Topliss-reactive ketones (excluding diaryl/α,β-unsaturated/α-hetero) is 1. The summed E-state index contributed by atoms with van der Waals surface area (Å²) in [4.78, 5) is 36.4. The maximum atomic E-state index is 13.4. The highest BCUT2D eigenvalue weighted by Gasteiger charge is 2.41. The van der Waals surface area contributed by atoms with Crippen molar-refractivity contribution in [3.63, 3.8) is 0 Å². The van der Waals surface area contributed by atoms with Crippen molar-refractivity contribution in [1.82, 2.24) is 19.4 Å². The van der Waals surface area contributed by atoms with Gasteiger partial charge in [0.25, 0.3) is 5.82 Å². The number of amides is 1. The minimum Gasteiger partial charge on any atom is -0.444 e. The topological polar surface area (TPSA) is 133 Å². The Labute approximate surface area is 275 Å². The number of ketones is 1. The number of nitrogen functional groups attached to an aromatic ring is 2. The molecule has 244 valence electrons. The molecule has 1 amide bonds. The van der Waals surface area contributed by atoms with Crippen molar-refractivity contribution in [1.29, 1.82) is 0 Å². The summed E-state index contributed by atoms with van der Waals surface area (Å²) in [5.74, 6) is 0.792. The number of anilines is 2. The van der Waals surface area contributed by atoms with Crippen molar-refractivity contribution in [2.45, 2.75) is 84.9 Å². The monoisotopic (exact) mass is 646 g/mol. The predicted molar refractivity (Wildman–Crippen MR) is 181 cm³/mol. The van der Waals surface area contributed by atoms with Gasteiger partial charge in [-0.05, 0) is 71.1 Å². The Hall–Kier alpha value is -4.18. The molecule has 4 aromatic rings. The van der Waals surface area contributed by atoms with Gasteiger partial charge in [0.1, 0.15) is 11.3 Å². The Kier molecular flexibility index (Phi) is 9.86. The highest BCUT2D eigenvalue weighted by Crippen LogP contribution is 2.38. The van der Waals surface area contributed by atoms with Gasteiger partial charge in [0.05, 0.1) is 19.5 Å². The van der Waals surface area contributed by atoms with Gasteiger partial charge in [-0.25, -0.2) is 23.9 Å². The predicted octanol–water partition coefficient (Wildman–Crippen LogP) is 6.02. The molecule has 1 fully saturated rings. The first-order valence-electron chi connectivity index (χ1n) is 16.0. The van der Waals surface area contributed by atoms with Gasteiger partial charge in [-0.15, -0.1) is 0 Å². The number of para-hydroxylation sites is 2. The second kappa shape index (κ2) is 13.7. The van der Waals surface area contributed by atoms with Crippen LogP contribution in [0.1, 0.15) is 75.3 Å². The first-order chi connectivity index (χ1) is 21.9. The standard InChI is InChI=1S/C35H44ClN7O3/c1-5-42-25-13-9-10-14-26(25)43(28(42)16-15-27(44)29-31(37)40-32(38)30(36)39-29)23-35(18-17-24-11-7-6-8-12-24)19-21-41(22-20-35)33(45)46-34(2,3)4/h6-14H,5,15-23H2,1-4H3,(H3-,37,38,40,44)/p+1. The van der Waals surface area contributed by atoms with Gasteiger partial charge in [0, 0.05) is 24.9 Å². The molecule has 1 aliphatic heterocycles. The van der Waals surface area contributed by atoms with E-state index in [0.717, 1.165) is 55.6 Å². The summed E-state index contributed by atoms with van der Waals surface area (Å²) in [7, 11) is 0. The Morgan fingerprint density at radius 2 is 1.65 bits per heavy atom. The van der Waals surface area contributed by atoms with Crippen LogP contribution >= 0.6 is 11.6 Å². The zero-order valence-electron chi connectivity index (χ0n) is 27.3. The SMILES string of the molecule is CCn1c(CCC(=O)c2nc(Cl)c(N)nc2N)[n+](CC2(CCc3ccccc3)CCN(C(=O)OC(C)(C)C)CC2)c2ccccc21. The molecule has 0 spiro atoms. The average molecular weight is 647 g/mol. The van der Waals surface area contributed by atoms with Crippen molar-refractivity contribution < 1.29 is 18.9 Å². The van der Waals surface area contributed by atoms with Crippen LogP contribution in [0.5, 0.6) is 0 Å². The fourth-order valence-corrected chi connectivity index (χ4v) is 6.63. The zero-order valence-corrected chi connectivity index (χ0v) is 28.0. The summed E-state index contributed by atoms with van der Waals surface area (Å²) in [5.41, 5.74) is 14.7. The lowest BCUT2D eigenvalue weighted by Crippen LogP contribution is -2.52. The van der Waals surface area contributed by atoms with Gasteiger partial charge >= 0.3 is 6.09 Å². The molecule has 5 rings (SSSR count). The fourth-order valence-electron chi connectivity index (χ4n) is 6.50. The number of rotatable bonds is 10. The molecular weight excluding hydrogens is 602 g/mol. The van der Waals surface area contributed by atoms with Crippen LogP contribution in [0.25, 0.3) is 11.0 Å². The summed E-state index contributed by atoms with van der Waals surface area (Å²) < 4.78 is 10.4. The lowest BCUT2D eigenvalue weighted by Gasteiger charge is -2.41. The first-order valence-corrected chi connectivity index (χ1v) is 16.4. The molecule has 0 aliphatic carbocycles. The van der Waals surface area contributed by atoms with Crippen LogP contribution in [-0.2, 0) is 30.7 Å². The Bertz CT molecular complexity index is 1710. The van der Waals surface area contributed by atoms with Crippen LogP contribution in [0.2, 0.25) is 5.15 Å². The number of fused-ring (bicyclic) bond motifs is 1. The molecule has 1 saturated heterocycles. The summed E-state index contributed by atoms with van der Waals surface area (Å²) in [6.07, 6.45) is 3.97. The molecule has 11 heteroatoms. The molecule has 46 heavy (non-hydrogen) atoms. The van der Waals surface area contributed by atoms with E-state index in [1.165, 1.54) is 5.56 Å². The van der Waals surface area contributed by atoms with Gasteiger partial charge in [-0.3, -0.25) is 4.79 Å². The number of aromatic nitrogens is 4. The number of imidazole rings is 1. The molecule has 0 saturated carbocycles. The lowest BCUT2D eigenvalue weighted by atomic mass is 9.74. The molecule has 0 radical (unpaired) electrons. The van der Waals surface area contributed by atoms with E-state index in [2.05, 4.69) is 68.5 Å². The van der Waals surface area contributed by atoms with Crippen LogP contribution < -0.4 is 16.0 Å². The highest BCUT2D eigenvalue weighted by atomic mass is 35.5. The molecule has 4 N–H and O–H groups in total. The maximum Gasteiger partial charge on any atom is 0.410 e. The Morgan fingerprint density at radius 1 is 0.978 bits per heavy atom. The third-order valence-electron chi connectivity index (χ3n) is 8.90. The number of carbonyl (C=O) groups excluding carboxylic acids is 2. The smallest absolute Gasteiger partial charge is 0.410 e. The van der Waals surface area contributed by atoms with Crippen molar-refractivity contribution in [2.24, 2.45) is 5.41 Å². The van der Waals surface area contributed by atoms with E-state index in [4.69, 9.17) is 27.8 Å². The van der Waals surface area contributed by atoms with E-state index in [-0.39, 0.29) is 46.2 Å². The number of nitrogens with two attached hydrogens (primary N) is 2. The minimum absolute atomic E-state index is 0.00168. The number of likely N-dealkylation sites (tertiary alicyclic amines) is 1. The van der Waals surface area contributed by atoms with Gasteiger partial charge in [0.15, 0.2) is 33.6 Å². The Morgan fingerprint density at radius 3 is 2.33 bits per heavy atom. The summed E-state index contributed by atoms with van der Waals surface area (Å²) in [5, 5.41) is -0.0339. The first kappa shape index (κ1) is 33.2. The van der Waals surface area contributed by atoms with Crippen molar-refractivity contribution in [3.8, 4) is 0 Å². The molecule has 0 unspecified atom stereocenters. The number of nitrogens with zero attached hydrogens (tertiary/aromatic N) is 5. The summed E-state index contributed by atoms with van der Waals surface area (Å²) in [6, 6.07) is 18.9. The number of carbonyl (C=O) groups is 2. The lowest BCUT2D eigenvalue weighted by molar-refractivity contribution is -0.694. The minimum atomic E-state index is -0.545. The van der Waals surface area contributed by atoms with Crippen LogP contribution in [-0.4, -0.2) is 50.0 Å². The molecule has 2 aromatic carbocycles. The average Bonchev–Trinajstić information content (AvgIpc) is 3.32. The second-order valence-corrected chi connectivity index (χ2v) is 13.6. The van der Waals surface area contributed by atoms with E-state index in [1.54, 1.807) is 0 Å². The van der Waals surface area contributed by atoms with Crippen LogP contribution in [0.15, 0.2) is 54.6 Å². The molecule has 2 aromatic heterocycles. The largest absolute Gasteiger partial charge is 0.444 e. The van der Waals surface area contributed by atoms with Crippen molar-refractivity contribution in [2.75, 3.05) is 24.6 Å². The highest BCUT2D eigenvalue weighted by molar-refractivity contribution is 6.31. The van der Waals surface area contributed by atoms with E-state index < -0.39 is 5.60 Å². The second-order valence-electron chi connectivity index (χ2n) is 13.2. The van der Waals surface area contributed by atoms with Crippen LogP contribution in [0, 0.1) is 5.41 Å². The quantitative estimate of drug-likeness (QED) is 0.159. The van der Waals surface area contributed by atoms with Gasteiger partial charge in [0.2, 0.25) is 0 Å². The molecule has 1 aliphatic rings. The van der Waals surface area contributed by atoms with Gasteiger partial charge in [-0.1, -0.05) is 54.1 Å². The number of aryl methyl sites for hydroxylation is 2. The summed E-state index contributed by atoms with van der Waals surface area (Å²) in [6.45, 7) is 10.6. The van der Waals surface area contributed by atoms with Crippen LogP contribution in [0.3, 0.4) is 0 Å². The molecule has 3 heterocycles. The third-order valence-corrected chi connectivity index (χ3v) is 9.18. The number of ether oxygens (including phenoxy) is 1. The van der Waals surface area contributed by atoms with Gasteiger partial charge in [-0.2, -0.15) is 0 Å². The third kappa shape index (κ3) is 7.44. The maximum absolute atomic E-state index is 13.4. The number of piperidine rings is 1. The van der Waals surface area contributed by atoms with Gasteiger partial charge < -0.3 is 21.1 Å². The molecular formula is C35H45ClN7O3+. The van der Waals surface area contributed by atoms with E-state index in [0.29, 0.717) is 19.5 Å². The van der Waals surface area contributed by atoms with E-state index in [1.807, 2.05) is 37.8 Å². The number of benzene rings is 2. The van der Waals surface area contributed by atoms with Crippen LogP contribution in [0.4, 0.5) is 16.4 Å². The molecule has 10 nitrogen and oxygen atoms in total. The normalized spacial score (nSPS) is 14.8. The molecule has 0 bridgehead atoms. The summed E-state index contributed by atoms with van der Waals surface area (Å²) >= 11 is 6.09. The Balaban J connectivity index is 1.47. The van der Waals surface area contributed by atoms with E-state index >= 15 is 0 Å².